The number of carbonyl (C=O) groups is 3. The van der Waals surface area contributed by atoms with E-state index in [-0.39, 0.29) is 12.5 Å². The highest BCUT2D eigenvalue weighted by Gasteiger charge is 2.38. The number of ether oxygens (including phenoxy) is 1. The van der Waals surface area contributed by atoms with Crippen molar-refractivity contribution in [3.8, 4) is 5.75 Å². The number of carbonyl (C=O) groups excluding carboxylic acids is 3. The molecule has 0 fully saturated rings. The van der Waals surface area contributed by atoms with E-state index >= 15 is 0 Å². The van der Waals surface area contributed by atoms with Gasteiger partial charge in [-0.2, -0.15) is 0 Å². The van der Waals surface area contributed by atoms with Crippen LogP contribution in [0.4, 0.5) is 5.69 Å². The van der Waals surface area contributed by atoms with Crippen LogP contribution in [0.25, 0.3) is 0 Å². The first-order valence-corrected chi connectivity index (χ1v) is 10.2. The van der Waals surface area contributed by atoms with Gasteiger partial charge in [-0.15, -0.1) is 0 Å². The molecule has 1 aliphatic heterocycles. The summed E-state index contributed by atoms with van der Waals surface area (Å²) in [5.41, 5.74) is 3.19. The Morgan fingerprint density at radius 2 is 1.56 bits per heavy atom. The summed E-state index contributed by atoms with van der Waals surface area (Å²) in [6.07, 6.45) is 0. The lowest BCUT2D eigenvalue weighted by atomic mass is 10.1. The Bertz CT molecular complexity index is 1130. The van der Waals surface area contributed by atoms with E-state index < -0.39 is 17.9 Å². The monoisotopic (exact) mass is 429 g/mol. The van der Waals surface area contributed by atoms with E-state index in [2.05, 4.69) is 10.6 Å². The second-order valence-electron chi connectivity index (χ2n) is 7.41. The lowest BCUT2D eigenvalue weighted by Gasteiger charge is -2.18. The molecule has 1 heterocycles. The summed E-state index contributed by atoms with van der Waals surface area (Å²) in [5.74, 6) is -1.22. The molecule has 162 valence electrons. The van der Waals surface area contributed by atoms with Crippen LogP contribution in [0.1, 0.15) is 22.7 Å². The van der Waals surface area contributed by atoms with Crippen LogP contribution in [0.3, 0.4) is 0 Å². The van der Waals surface area contributed by atoms with Gasteiger partial charge in [0.15, 0.2) is 0 Å². The third-order valence-electron chi connectivity index (χ3n) is 5.33. The average Bonchev–Trinajstić information content (AvgIpc) is 3.09. The highest BCUT2D eigenvalue weighted by molar-refractivity contribution is 6.35. The molecule has 0 saturated carbocycles. The second kappa shape index (κ2) is 9.34. The Kier molecular flexibility index (Phi) is 6.17. The van der Waals surface area contributed by atoms with Crippen molar-refractivity contribution in [1.29, 1.82) is 0 Å². The van der Waals surface area contributed by atoms with Crippen molar-refractivity contribution in [2.75, 3.05) is 12.0 Å². The maximum absolute atomic E-state index is 13.1. The van der Waals surface area contributed by atoms with Crippen molar-refractivity contribution in [2.24, 2.45) is 0 Å². The second-order valence-corrected chi connectivity index (χ2v) is 7.41. The van der Waals surface area contributed by atoms with E-state index in [0.29, 0.717) is 17.9 Å². The van der Waals surface area contributed by atoms with E-state index in [0.717, 1.165) is 16.8 Å². The largest absolute Gasteiger partial charge is 0.497 e. The van der Waals surface area contributed by atoms with E-state index in [9.17, 15) is 14.4 Å². The molecule has 1 unspecified atom stereocenters. The van der Waals surface area contributed by atoms with Gasteiger partial charge in [0.2, 0.25) is 0 Å². The predicted molar refractivity (Wildman–Crippen MR) is 120 cm³/mol. The van der Waals surface area contributed by atoms with Crippen LogP contribution in [0.15, 0.2) is 78.9 Å². The number of para-hydroxylation sites is 1. The SMILES string of the molecule is COc1ccc(CNC(=O)C(=O)NC2C(=O)N(Cc3ccccc3)c3ccccc32)cc1. The van der Waals surface area contributed by atoms with Gasteiger partial charge in [-0.05, 0) is 29.3 Å². The van der Waals surface area contributed by atoms with Crippen LogP contribution < -0.4 is 20.3 Å². The van der Waals surface area contributed by atoms with Gasteiger partial charge in [0.05, 0.1) is 13.7 Å². The number of nitrogens with zero attached hydrogens (tertiary/aromatic N) is 1. The third-order valence-corrected chi connectivity index (χ3v) is 5.33. The molecular weight excluding hydrogens is 406 g/mol. The topological polar surface area (TPSA) is 87.7 Å². The number of hydrogen-bond donors (Lipinski definition) is 2. The van der Waals surface area contributed by atoms with Crippen molar-refractivity contribution in [3.05, 3.63) is 95.6 Å². The van der Waals surface area contributed by atoms with E-state index in [1.165, 1.54) is 0 Å². The summed E-state index contributed by atoms with van der Waals surface area (Å²) in [4.78, 5) is 39.6. The first kappa shape index (κ1) is 21.1. The molecule has 3 aromatic rings. The third kappa shape index (κ3) is 4.46. The number of amides is 3. The zero-order valence-electron chi connectivity index (χ0n) is 17.6. The molecule has 0 aliphatic carbocycles. The maximum Gasteiger partial charge on any atom is 0.310 e. The number of benzene rings is 3. The van der Waals surface area contributed by atoms with Crippen molar-refractivity contribution < 1.29 is 19.1 Å². The van der Waals surface area contributed by atoms with Crippen molar-refractivity contribution in [2.45, 2.75) is 19.1 Å². The van der Waals surface area contributed by atoms with Gasteiger partial charge in [-0.25, -0.2) is 0 Å². The number of nitrogens with one attached hydrogen (secondary N) is 2. The Labute approximate surface area is 186 Å². The van der Waals surface area contributed by atoms with Gasteiger partial charge in [-0.1, -0.05) is 60.7 Å². The quantitative estimate of drug-likeness (QED) is 0.590. The summed E-state index contributed by atoms with van der Waals surface area (Å²) in [5, 5.41) is 5.18. The first-order valence-electron chi connectivity index (χ1n) is 10.2. The van der Waals surface area contributed by atoms with E-state index in [1.807, 2.05) is 42.5 Å². The van der Waals surface area contributed by atoms with Crippen LogP contribution in [0.2, 0.25) is 0 Å². The van der Waals surface area contributed by atoms with Crippen LogP contribution in [-0.4, -0.2) is 24.8 Å². The van der Waals surface area contributed by atoms with Crippen LogP contribution in [0, 0.1) is 0 Å². The van der Waals surface area contributed by atoms with Gasteiger partial charge >= 0.3 is 11.8 Å². The Balaban J connectivity index is 1.42. The number of rotatable bonds is 6. The molecular formula is C25H23N3O4. The fraction of sp³-hybridized carbons (Fsp3) is 0.160. The lowest BCUT2D eigenvalue weighted by Crippen LogP contribution is -2.44. The highest BCUT2D eigenvalue weighted by atomic mass is 16.5. The van der Waals surface area contributed by atoms with Crippen LogP contribution in [0.5, 0.6) is 5.75 Å². The fourth-order valence-electron chi connectivity index (χ4n) is 3.66. The smallest absolute Gasteiger partial charge is 0.310 e. The van der Waals surface area contributed by atoms with Gasteiger partial charge in [0.1, 0.15) is 11.8 Å². The summed E-state index contributed by atoms with van der Waals surface area (Å²) in [6, 6.07) is 23.1. The molecule has 1 aliphatic rings. The van der Waals surface area contributed by atoms with Gasteiger partial charge in [-0.3, -0.25) is 14.4 Å². The standard InChI is InChI=1S/C25H23N3O4/c1-32-19-13-11-17(12-14-19)15-26-23(29)24(30)27-22-20-9-5-6-10-21(20)28(25(22)31)16-18-7-3-2-4-8-18/h2-14,22H,15-16H2,1H3,(H,26,29)(H,27,30). The fourth-order valence-corrected chi connectivity index (χ4v) is 3.66. The van der Waals surface area contributed by atoms with Crippen molar-refractivity contribution in [1.82, 2.24) is 10.6 Å². The molecule has 4 rings (SSSR count). The minimum atomic E-state index is -0.908. The molecule has 7 heteroatoms. The summed E-state index contributed by atoms with van der Waals surface area (Å²) in [6.45, 7) is 0.568. The number of methoxy groups -OCH3 is 1. The molecule has 1 atom stereocenters. The highest BCUT2D eigenvalue weighted by Crippen LogP contribution is 2.36. The van der Waals surface area contributed by atoms with Crippen molar-refractivity contribution in [3.63, 3.8) is 0 Å². The Morgan fingerprint density at radius 3 is 2.28 bits per heavy atom. The molecule has 0 bridgehead atoms. The molecule has 0 saturated heterocycles. The summed E-state index contributed by atoms with van der Waals surface area (Å²) >= 11 is 0. The first-order chi connectivity index (χ1) is 15.6. The summed E-state index contributed by atoms with van der Waals surface area (Å²) in [7, 11) is 1.57. The Morgan fingerprint density at radius 1 is 0.875 bits per heavy atom. The van der Waals surface area contributed by atoms with Gasteiger partial charge in [0, 0.05) is 17.8 Å². The predicted octanol–water partition coefficient (Wildman–Crippen LogP) is 2.72. The van der Waals surface area contributed by atoms with E-state index in [4.69, 9.17) is 4.74 Å². The van der Waals surface area contributed by atoms with Crippen LogP contribution >= 0.6 is 0 Å². The van der Waals surface area contributed by atoms with Gasteiger partial charge < -0.3 is 20.3 Å². The van der Waals surface area contributed by atoms with Crippen molar-refractivity contribution >= 4 is 23.4 Å². The molecule has 2 N–H and O–H groups in total. The Hall–Kier alpha value is -4.13. The average molecular weight is 429 g/mol. The number of anilines is 1. The summed E-state index contributed by atoms with van der Waals surface area (Å²) < 4.78 is 5.10. The minimum absolute atomic E-state index is 0.186. The zero-order valence-corrected chi connectivity index (χ0v) is 17.6. The normalized spacial score (nSPS) is 14.6. The molecule has 7 nitrogen and oxygen atoms in total. The maximum atomic E-state index is 13.1. The van der Waals surface area contributed by atoms with Gasteiger partial charge in [0.25, 0.3) is 5.91 Å². The molecule has 3 amide bonds. The molecule has 0 radical (unpaired) electrons. The number of fused-ring (bicyclic) bond motifs is 1. The minimum Gasteiger partial charge on any atom is -0.497 e. The molecule has 0 spiro atoms. The number of hydrogen-bond acceptors (Lipinski definition) is 4. The lowest BCUT2D eigenvalue weighted by molar-refractivity contribution is -0.140. The van der Waals surface area contributed by atoms with E-state index in [1.54, 1.807) is 48.4 Å². The zero-order chi connectivity index (χ0) is 22.5. The molecule has 0 aromatic heterocycles. The molecule has 32 heavy (non-hydrogen) atoms. The molecule has 3 aromatic carbocycles. The van der Waals surface area contributed by atoms with Crippen LogP contribution in [-0.2, 0) is 27.5 Å².